The summed E-state index contributed by atoms with van der Waals surface area (Å²) < 4.78 is 25.1. The number of benzene rings is 1. The van der Waals surface area contributed by atoms with Crippen molar-refractivity contribution in [3.8, 4) is 0 Å². The number of thiophene rings is 1. The third-order valence-electron chi connectivity index (χ3n) is 4.06. The summed E-state index contributed by atoms with van der Waals surface area (Å²) in [6, 6.07) is 5.34. The summed E-state index contributed by atoms with van der Waals surface area (Å²) in [6.45, 7) is 1.58. The average Bonchev–Trinajstić information content (AvgIpc) is 3.05. The minimum Gasteiger partial charge on any atom is -0.325 e. The first kappa shape index (κ1) is 18.0. The van der Waals surface area contributed by atoms with Crippen molar-refractivity contribution in [1.29, 1.82) is 0 Å². The maximum Gasteiger partial charge on any atom is 0.276 e. The first-order chi connectivity index (χ1) is 12.1. The molecule has 1 N–H and O–H groups in total. The largest absolute Gasteiger partial charge is 0.325 e. The Labute approximate surface area is 152 Å². The Kier molecular flexibility index (Phi) is 4.28. The number of nitrogens with zero attached hydrogens (tertiary/aromatic N) is 2. The zero-order valence-electron chi connectivity index (χ0n) is 13.6. The number of aryl methyl sites for hydroxylation is 1. The zero-order chi connectivity index (χ0) is 19.2. The monoisotopic (exact) mass is 395 g/mol. The fourth-order valence-corrected chi connectivity index (χ4v) is 5.37. The summed E-state index contributed by atoms with van der Waals surface area (Å²) >= 11 is 0.937. The number of nitrogens with one attached hydrogen (secondary N) is 1. The molecule has 0 saturated heterocycles. The van der Waals surface area contributed by atoms with Gasteiger partial charge in [-0.2, -0.15) is 0 Å². The molecule has 9 nitrogen and oxygen atoms in total. The lowest BCUT2D eigenvalue weighted by Crippen LogP contribution is -2.45. The lowest BCUT2D eigenvalue weighted by Gasteiger charge is -2.28. The average molecular weight is 395 g/mol. The molecule has 1 aliphatic heterocycles. The predicted molar refractivity (Wildman–Crippen MR) is 93.5 cm³/mol. The number of hydrogen-bond donors (Lipinski definition) is 1. The highest BCUT2D eigenvalue weighted by atomic mass is 32.2. The highest BCUT2D eigenvalue weighted by Gasteiger charge is 2.45. The molecule has 1 aromatic heterocycles. The van der Waals surface area contributed by atoms with Crippen molar-refractivity contribution in [2.45, 2.75) is 17.1 Å². The molecule has 26 heavy (non-hydrogen) atoms. The molecule has 0 saturated carbocycles. The maximum absolute atomic E-state index is 12.7. The lowest BCUT2D eigenvalue weighted by molar-refractivity contribution is -0.384. The smallest absolute Gasteiger partial charge is 0.276 e. The number of anilines is 1. The van der Waals surface area contributed by atoms with Crippen LogP contribution < -0.4 is 5.32 Å². The standard InChI is InChI=1S/C15H13N3O6S2/c1-8-7-9(18(21)22)3-4-11(8)16-13(19)12-10-5-6-25-15(10)26(23,24)17(2)14(12)20/h3-7,12H,1-2H3,(H,16,19). The van der Waals surface area contributed by atoms with Gasteiger partial charge in [-0.1, -0.05) is 0 Å². The molecule has 0 radical (unpaired) electrons. The molecule has 11 heteroatoms. The maximum atomic E-state index is 12.7. The van der Waals surface area contributed by atoms with Gasteiger partial charge in [-0.15, -0.1) is 11.3 Å². The number of fused-ring (bicyclic) bond motifs is 1. The molecular weight excluding hydrogens is 382 g/mol. The Bertz CT molecular complexity index is 1040. The number of nitro groups is 1. The first-order valence-electron chi connectivity index (χ1n) is 7.30. The van der Waals surface area contributed by atoms with E-state index in [-0.39, 0.29) is 15.5 Å². The second-order valence-corrected chi connectivity index (χ2v) is 8.73. The van der Waals surface area contributed by atoms with E-state index >= 15 is 0 Å². The Morgan fingerprint density at radius 2 is 2.04 bits per heavy atom. The molecule has 0 aliphatic carbocycles. The molecule has 2 heterocycles. The summed E-state index contributed by atoms with van der Waals surface area (Å²) in [4.78, 5) is 35.4. The van der Waals surface area contributed by atoms with E-state index < -0.39 is 32.7 Å². The second-order valence-electron chi connectivity index (χ2n) is 5.65. The van der Waals surface area contributed by atoms with Crippen LogP contribution in [0.3, 0.4) is 0 Å². The van der Waals surface area contributed by atoms with Crippen molar-refractivity contribution >= 4 is 44.5 Å². The van der Waals surface area contributed by atoms with Gasteiger partial charge in [0.25, 0.3) is 21.6 Å². The predicted octanol–water partition coefficient (Wildman–Crippen LogP) is 1.85. The topological polar surface area (TPSA) is 127 Å². The molecular formula is C15H13N3O6S2. The Balaban J connectivity index is 1.96. The Hall–Kier alpha value is -2.79. The normalized spacial score (nSPS) is 18.3. The van der Waals surface area contributed by atoms with Crippen LogP contribution >= 0.6 is 11.3 Å². The summed E-state index contributed by atoms with van der Waals surface area (Å²) in [5.74, 6) is -2.86. The van der Waals surface area contributed by atoms with Gasteiger partial charge in [0.05, 0.1) is 4.92 Å². The van der Waals surface area contributed by atoms with Crippen LogP contribution in [0.1, 0.15) is 17.0 Å². The molecule has 1 aliphatic rings. The van der Waals surface area contributed by atoms with E-state index in [1.165, 1.54) is 29.6 Å². The lowest BCUT2D eigenvalue weighted by atomic mass is 9.99. The highest BCUT2D eigenvalue weighted by Crippen LogP contribution is 2.38. The SMILES string of the molecule is Cc1cc([N+](=O)[O-])ccc1NC(=O)C1C(=O)N(C)S(=O)(=O)c2sccc21. The van der Waals surface area contributed by atoms with Gasteiger partial charge in [0.15, 0.2) is 0 Å². The van der Waals surface area contributed by atoms with Gasteiger partial charge in [0, 0.05) is 30.4 Å². The van der Waals surface area contributed by atoms with Crippen molar-refractivity contribution in [1.82, 2.24) is 4.31 Å². The van der Waals surface area contributed by atoms with Gasteiger partial charge in [-0.3, -0.25) is 19.7 Å². The summed E-state index contributed by atoms with van der Waals surface area (Å²) in [6.07, 6.45) is 0. The fraction of sp³-hybridized carbons (Fsp3) is 0.200. The van der Waals surface area contributed by atoms with Crippen molar-refractivity contribution in [3.63, 3.8) is 0 Å². The number of likely N-dealkylation sites (N-methyl/N-ethyl adjacent to an activating group) is 1. The molecule has 1 atom stereocenters. The summed E-state index contributed by atoms with van der Waals surface area (Å²) in [5.41, 5.74) is 0.763. The van der Waals surface area contributed by atoms with E-state index in [9.17, 15) is 28.1 Å². The van der Waals surface area contributed by atoms with Gasteiger partial charge < -0.3 is 5.32 Å². The van der Waals surface area contributed by atoms with E-state index in [0.717, 1.165) is 18.4 Å². The Morgan fingerprint density at radius 3 is 2.65 bits per heavy atom. The van der Waals surface area contributed by atoms with E-state index in [0.29, 0.717) is 15.6 Å². The van der Waals surface area contributed by atoms with Crippen LogP contribution in [0, 0.1) is 17.0 Å². The quantitative estimate of drug-likeness (QED) is 0.480. The van der Waals surface area contributed by atoms with Crippen molar-refractivity contribution in [2.24, 2.45) is 0 Å². The fourth-order valence-electron chi connectivity index (χ4n) is 2.65. The van der Waals surface area contributed by atoms with Crippen LogP contribution in [0.5, 0.6) is 0 Å². The number of nitro benzene ring substituents is 1. The van der Waals surface area contributed by atoms with Crippen LogP contribution in [-0.2, 0) is 19.6 Å². The van der Waals surface area contributed by atoms with E-state index in [1.54, 1.807) is 6.92 Å². The highest BCUT2D eigenvalue weighted by molar-refractivity contribution is 7.91. The first-order valence-corrected chi connectivity index (χ1v) is 9.62. The van der Waals surface area contributed by atoms with Gasteiger partial charge in [-0.05, 0) is 30.0 Å². The number of sulfonamides is 1. The number of hydrogen-bond acceptors (Lipinski definition) is 7. The van der Waals surface area contributed by atoms with Crippen LogP contribution in [0.25, 0.3) is 0 Å². The third kappa shape index (κ3) is 2.74. The molecule has 1 unspecified atom stereocenters. The van der Waals surface area contributed by atoms with Gasteiger partial charge in [-0.25, -0.2) is 12.7 Å². The molecule has 136 valence electrons. The Morgan fingerprint density at radius 1 is 1.35 bits per heavy atom. The van der Waals surface area contributed by atoms with Crippen LogP contribution in [0.2, 0.25) is 0 Å². The van der Waals surface area contributed by atoms with Crippen LogP contribution in [0.15, 0.2) is 33.9 Å². The molecule has 2 aromatic rings. The minimum atomic E-state index is -3.94. The molecule has 2 amide bonds. The number of carbonyl (C=O) groups excluding carboxylic acids is 2. The van der Waals surface area contributed by atoms with E-state index in [4.69, 9.17) is 0 Å². The van der Waals surface area contributed by atoms with Crippen LogP contribution in [-0.4, -0.2) is 36.5 Å². The molecule has 3 rings (SSSR count). The summed E-state index contributed by atoms with van der Waals surface area (Å²) in [5, 5.41) is 14.9. The second kappa shape index (κ2) is 6.18. The zero-order valence-corrected chi connectivity index (χ0v) is 15.3. The molecule has 0 bridgehead atoms. The van der Waals surface area contributed by atoms with Crippen molar-refractivity contribution in [2.75, 3.05) is 12.4 Å². The minimum absolute atomic E-state index is 0.0415. The molecule has 0 spiro atoms. The third-order valence-corrected chi connectivity index (χ3v) is 7.31. The van der Waals surface area contributed by atoms with Gasteiger partial charge in [0.1, 0.15) is 10.1 Å². The van der Waals surface area contributed by atoms with Crippen molar-refractivity contribution < 1.29 is 22.9 Å². The van der Waals surface area contributed by atoms with E-state index in [1.807, 2.05) is 0 Å². The number of non-ortho nitro benzene ring substituents is 1. The van der Waals surface area contributed by atoms with Gasteiger partial charge >= 0.3 is 0 Å². The molecule has 1 aromatic carbocycles. The summed E-state index contributed by atoms with van der Waals surface area (Å²) in [7, 11) is -2.83. The molecule has 0 fully saturated rings. The van der Waals surface area contributed by atoms with Gasteiger partial charge in [0.2, 0.25) is 5.91 Å². The number of rotatable bonds is 3. The van der Waals surface area contributed by atoms with Crippen LogP contribution in [0.4, 0.5) is 11.4 Å². The van der Waals surface area contributed by atoms with E-state index in [2.05, 4.69) is 5.32 Å². The number of carbonyl (C=O) groups is 2. The van der Waals surface area contributed by atoms with Crippen molar-refractivity contribution in [3.05, 3.63) is 50.9 Å². The number of amides is 2.